The number of fused-ring (bicyclic) bond motifs is 1. The number of ether oxygens (including phenoxy) is 2. The average molecular weight is 469 g/mol. The molecule has 2 amide bonds. The Hall–Kier alpha value is -3.36. The van der Waals surface area contributed by atoms with E-state index in [1.165, 1.54) is 30.7 Å². The first-order valence-corrected chi connectivity index (χ1v) is 11.8. The van der Waals surface area contributed by atoms with E-state index in [9.17, 15) is 14.4 Å². The molecule has 1 aliphatic carbocycles. The molecule has 1 saturated carbocycles. The summed E-state index contributed by atoms with van der Waals surface area (Å²) in [5, 5.41) is 7.48. The van der Waals surface area contributed by atoms with Crippen LogP contribution in [0, 0.1) is 0 Å². The highest BCUT2D eigenvalue weighted by Crippen LogP contribution is 2.31. The van der Waals surface area contributed by atoms with Gasteiger partial charge in [0.1, 0.15) is 17.0 Å². The molecule has 1 aromatic carbocycles. The van der Waals surface area contributed by atoms with Crippen molar-refractivity contribution in [3.8, 4) is 5.75 Å². The zero-order valence-electron chi connectivity index (χ0n) is 20.0. The topological polar surface area (TPSA) is 103 Å². The average Bonchev–Trinajstić information content (AvgIpc) is 3.09. The van der Waals surface area contributed by atoms with Crippen LogP contribution in [0.1, 0.15) is 72.0 Å². The number of hydrogen-bond donors (Lipinski definition) is 1. The molecule has 1 aromatic heterocycles. The van der Waals surface area contributed by atoms with Gasteiger partial charge in [-0.15, -0.1) is 0 Å². The number of nitrogens with one attached hydrogen (secondary N) is 1. The summed E-state index contributed by atoms with van der Waals surface area (Å²) in [6.45, 7) is 2.11. The molecule has 2 heterocycles. The molecule has 182 valence electrons. The summed E-state index contributed by atoms with van der Waals surface area (Å²) >= 11 is 0. The fourth-order valence-electron chi connectivity index (χ4n) is 4.81. The summed E-state index contributed by atoms with van der Waals surface area (Å²) in [6.07, 6.45) is 6.39. The highest BCUT2D eigenvalue weighted by Gasteiger charge is 2.48. The van der Waals surface area contributed by atoms with E-state index in [4.69, 9.17) is 9.47 Å². The molecule has 0 unspecified atom stereocenters. The zero-order chi connectivity index (χ0) is 24.3. The van der Waals surface area contributed by atoms with Crippen molar-refractivity contribution in [3.05, 3.63) is 47.3 Å². The maximum absolute atomic E-state index is 13.7. The molecule has 0 spiro atoms. The molecule has 1 atom stereocenters. The Morgan fingerprint density at radius 1 is 1.15 bits per heavy atom. The number of carbonyl (C=O) groups excluding carboxylic acids is 3. The van der Waals surface area contributed by atoms with Gasteiger partial charge in [-0.05, 0) is 37.5 Å². The van der Waals surface area contributed by atoms with E-state index in [0.717, 1.165) is 31.2 Å². The van der Waals surface area contributed by atoms with Gasteiger partial charge in [0.2, 0.25) is 5.91 Å². The number of esters is 1. The van der Waals surface area contributed by atoms with Gasteiger partial charge in [0.25, 0.3) is 5.91 Å². The SMILES string of the molecule is COC(=O)c1cc2n(n1)C[C@](C)(C(=O)NC1CCCCCC1)N(Cc1cccc(OC)c1)C2=O. The maximum atomic E-state index is 13.7. The lowest BCUT2D eigenvalue weighted by Crippen LogP contribution is -2.64. The fourth-order valence-corrected chi connectivity index (χ4v) is 4.81. The summed E-state index contributed by atoms with van der Waals surface area (Å²) in [4.78, 5) is 41.0. The lowest BCUT2D eigenvalue weighted by atomic mass is 9.93. The van der Waals surface area contributed by atoms with Crippen LogP contribution in [0.25, 0.3) is 0 Å². The van der Waals surface area contributed by atoms with Gasteiger partial charge < -0.3 is 19.7 Å². The molecular weight excluding hydrogens is 436 g/mol. The lowest BCUT2D eigenvalue weighted by molar-refractivity contribution is -0.134. The minimum atomic E-state index is -1.20. The largest absolute Gasteiger partial charge is 0.497 e. The molecule has 0 radical (unpaired) electrons. The third-order valence-corrected chi connectivity index (χ3v) is 6.85. The van der Waals surface area contributed by atoms with Gasteiger partial charge in [0, 0.05) is 18.7 Å². The predicted molar refractivity (Wildman–Crippen MR) is 124 cm³/mol. The minimum absolute atomic E-state index is 0.0422. The summed E-state index contributed by atoms with van der Waals surface area (Å²) in [5.41, 5.74) is -0.0650. The van der Waals surface area contributed by atoms with E-state index < -0.39 is 11.5 Å². The van der Waals surface area contributed by atoms with Gasteiger partial charge >= 0.3 is 5.97 Å². The van der Waals surface area contributed by atoms with Crippen LogP contribution >= 0.6 is 0 Å². The Morgan fingerprint density at radius 2 is 1.88 bits per heavy atom. The van der Waals surface area contributed by atoms with E-state index in [0.29, 0.717) is 5.75 Å². The molecule has 9 heteroatoms. The van der Waals surface area contributed by atoms with Crippen LogP contribution in [0.5, 0.6) is 5.75 Å². The molecule has 4 rings (SSSR count). The van der Waals surface area contributed by atoms with Crippen LogP contribution in [-0.2, 0) is 22.6 Å². The van der Waals surface area contributed by atoms with Gasteiger partial charge in [0.15, 0.2) is 5.69 Å². The Bertz CT molecular complexity index is 1070. The molecular formula is C25H32N4O5. The van der Waals surface area contributed by atoms with Crippen LogP contribution in [0.3, 0.4) is 0 Å². The number of rotatable bonds is 6. The molecule has 9 nitrogen and oxygen atoms in total. The van der Waals surface area contributed by atoms with E-state index in [-0.39, 0.29) is 42.3 Å². The summed E-state index contributed by atoms with van der Waals surface area (Å²) < 4.78 is 11.6. The van der Waals surface area contributed by atoms with Gasteiger partial charge in [-0.2, -0.15) is 5.10 Å². The van der Waals surface area contributed by atoms with Crippen molar-refractivity contribution < 1.29 is 23.9 Å². The van der Waals surface area contributed by atoms with Gasteiger partial charge in [0.05, 0.1) is 20.8 Å². The molecule has 34 heavy (non-hydrogen) atoms. The quantitative estimate of drug-likeness (QED) is 0.517. The van der Waals surface area contributed by atoms with Gasteiger partial charge in [-0.25, -0.2) is 4.79 Å². The monoisotopic (exact) mass is 468 g/mol. The van der Waals surface area contributed by atoms with Crippen molar-refractivity contribution in [1.29, 1.82) is 0 Å². The third kappa shape index (κ3) is 4.64. The zero-order valence-corrected chi connectivity index (χ0v) is 20.0. The molecule has 1 aliphatic heterocycles. The number of carbonyl (C=O) groups is 3. The fraction of sp³-hybridized carbons (Fsp3) is 0.520. The summed E-state index contributed by atoms with van der Waals surface area (Å²) in [7, 11) is 2.85. The Labute approximate surface area is 199 Å². The first-order chi connectivity index (χ1) is 16.4. The van der Waals surface area contributed by atoms with Crippen LogP contribution < -0.4 is 10.1 Å². The minimum Gasteiger partial charge on any atom is -0.497 e. The first-order valence-electron chi connectivity index (χ1n) is 11.8. The number of hydrogen-bond acceptors (Lipinski definition) is 6. The molecule has 0 saturated heterocycles. The molecule has 1 N–H and O–H groups in total. The second kappa shape index (κ2) is 9.87. The van der Waals surface area contributed by atoms with E-state index in [1.807, 2.05) is 24.3 Å². The second-order valence-corrected chi connectivity index (χ2v) is 9.24. The number of aromatic nitrogens is 2. The standard InChI is InChI=1S/C25H32N4O5/c1-25(24(32)26-18-10-6-4-5-7-11-18)16-29-21(14-20(27-29)23(31)34-3)22(30)28(25)15-17-9-8-12-19(13-17)33-2/h8-9,12-14,18H,4-7,10-11,15-16H2,1-3H3,(H,26,32)/t25-/m1/s1. The summed E-state index contributed by atoms with van der Waals surface area (Å²) in [5.74, 6) is -0.533. The van der Waals surface area contributed by atoms with Crippen molar-refractivity contribution in [2.45, 2.75) is 70.1 Å². The second-order valence-electron chi connectivity index (χ2n) is 9.24. The van der Waals surface area contributed by atoms with Crippen molar-refractivity contribution in [2.75, 3.05) is 14.2 Å². The smallest absolute Gasteiger partial charge is 0.358 e. The van der Waals surface area contributed by atoms with E-state index >= 15 is 0 Å². The maximum Gasteiger partial charge on any atom is 0.358 e. The van der Waals surface area contributed by atoms with Gasteiger partial charge in [-0.3, -0.25) is 14.3 Å². The Morgan fingerprint density at radius 3 is 2.56 bits per heavy atom. The number of benzene rings is 1. The van der Waals surface area contributed by atoms with E-state index in [2.05, 4.69) is 10.4 Å². The first kappa shape index (κ1) is 23.8. The highest BCUT2D eigenvalue weighted by atomic mass is 16.5. The Balaban J connectivity index is 1.69. The van der Waals surface area contributed by atoms with Crippen molar-refractivity contribution >= 4 is 17.8 Å². The number of methoxy groups -OCH3 is 2. The van der Waals surface area contributed by atoms with Crippen molar-refractivity contribution in [2.24, 2.45) is 0 Å². The van der Waals surface area contributed by atoms with E-state index in [1.54, 1.807) is 18.9 Å². The van der Waals surface area contributed by atoms with Crippen LogP contribution in [0.15, 0.2) is 30.3 Å². The van der Waals surface area contributed by atoms with Crippen molar-refractivity contribution in [3.63, 3.8) is 0 Å². The molecule has 2 aliphatic rings. The normalized spacial score (nSPS) is 20.9. The molecule has 1 fully saturated rings. The number of nitrogens with zero attached hydrogens (tertiary/aromatic N) is 3. The number of amides is 2. The Kier molecular flexibility index (Phi) is 6.90. The highest BCUT2D eigenvalue weighted by molar-refractivity contribution is 6.01. The van der Waals surface area contributed by atoms with Crippen molar-refractivity contribution in [1.82, 2.24) is 20.0 Å². The third-order valence-electron chi connectivity index (χ3n) is 6.85. The van der Waals surface area contributed by atoms with Crippen LogP contribution in [0.2, 0.25) is 0 Å². The predicted octanol–water partition coefficient (Wildman–Crippen LogP) is 2.93. The van der Waals surface area contributed by atoms with Crippen LogP contribution in [-0.4, -0.2) is 58.3 Å². The lowest BCUT2D eigenvalue weighted by Gasteiger charge is -2.44. The molecule has 2 aromatic rings. The van der Waals surface area contributed by atoms with Crippen LogP contribution in [0.4, 0.5) is 0 Å². The van der Waals surface area contributed by atoms with Gasteiger partial charge in [-0.1, -0.05) is 37.8 Å². The summed E-state index contributed by atoms with van der Waals surface area (Å²) in [6, 6.07) is 8.94. The molecule has 0 bridgehead atoms.